The first kappa shape index (κ1) is 21.3. The van der Waals surface area contributed by atoms with E-state index in [0.717, 1.165) is 6.26 Å². The van der Waals surface area contributed by atoms with Crippen molar-refractivity contribution in [1.29, 1.82) is 0 Å². The van der Waals surface area contributed by atoms with Crippen LogP contribution in [0.2, 0.25) is 0 Å². The molecule has 1 fully saturated rings. The third-order valence-electron chi connectivity index (χ3n) is 4.62. The summed E-state index contributed by atoms with van der Waals surface area (Å²) in [4.78, 5) is 12.7. The Labute approximate surface area is 171 Å². The Morgan fingerprint density at radius 3 is 2.07 bits per heavy atom. The van der Waals surface area contributed by atoms with E-state index < -0.39 is 20.0 Å². The van der Waals surface area contributed by atoms with Gasteiger partial charge in [0.25, 0.3) is 5.91 Å². The van der Waals surface area contributed by atoms with Gasteiger partial charge in [-0.05, 0) is 49.2 Å². The summed E-state index contributed by atoms with van der Waals surface area (Å²) >= 11 is 0. The maximum atomic E-state index is 12.7. The number of nitrogens with one attached hydrogen (secondary N) is 2. The number of rotatable bonds is 6. The number of hydrogen-bond donors (Lipinski definition) is 2. The smallest absolute Gasteiger partial charge is 0.251 e. The van der Waals surface area contributed by atoms with Gasteiger partial charge < -0.3 is 5.32 Å². The monoisotopic (exact) mass is 437 g/mol. The van der Waals surface area contributed by atoms with Gasteiger partial charge in [-0.1, -0.05) is 18.2 Å². The minimum Gasteiger partial charge on any atom is -0.349 e. The Bertz CT molecular complexity index is 1060. The van der Waals surface area contributed by atoms with E-state index >= 15 is 0 Å². The van der Waals surface area contributed by atoms with E-state index in [1.54, 1.807) is 30.3 Å². The average Bonchev–Trinajstić information content (AvgIpc) is 2.68. The van der Waals surface area contributed by atoms with Crippen molar-refractivity contribution >= 4 is 31.6 Å². The van der Waals surface area contributed by atoms with Crippen molar-refractivity contribution in [3.8, 4) is 0 Å². The molecule has 0 aliphatic carbocycles. The van der Waals surface area contributed by atoms with Gasteiger partial charge in [0.2, 0.25) is 20.0 Å². The SMILES string of the molecule is CS(=O)(=O)Nc1ccc(C(=O)NC2CCN(S(=O)(=O)c3ccccc3)CC2)cc1. The largest absolute Gasteiger partial charge is 0.349 e. The van der Waals surface area contributed by atoms with Gasteiger partial charge in [-0.25, -0.2) is 16.8 Å². The van der Waals surface area contributed by atoms with Crippen LogP contribution in [0.15, 0.2) is 59.5 Å². The number of hydrogen-bond acceptors (Lipinski definition) is 5. The van der Waals surface area contributed by atoms with Crippen LogP contribution in [0.25, 0.3) is 0 Å². The van der Waals surface area contributed by atoms with Gasteiger partial charge in [0.15, 0.2) is 0 Å². The summed E-state index contributed by atoms with van der Waals surface area (Å²) in [6, 6.07) is 14.3. The van der Waals surface area contributed by atoms with E-state index in [-0.39, 0.29) is 16.8 Å². The number of benzene rings is 2. The molecule has 2 aromatic carbocycles. The molecule has 3 rings (SSSR count). The van der Waals surface area contributed by atoms with Crippen molar-refractivity contribution in [3.05, 3.63) is 60.2 Å². The second-order valence-electron chi connectivity index (χ2n) is 6.92. The molecule has 10 heteroatoms. The predicted molar refractivity (Wildman–Crippen MR) is 111 cm³/mol. The normalized spacial score (nSPS) is 16.3. The molecule has 1 heterocycles. The zero-order valence-corrected chi connectivity index (χ0v) is 17.5. The molecule has 0 bridgehead atoms. The molecule has 156 valence electrons. The summed E-state index contributed by atoms with van der Waals surface area (Å²) in [6.45, 7) is 0.665. The molecule has 0 unspecified atom stereocenters. The number of carbonyl (C=O) groups is 1. The number of anilines is 1. The van der Waals surface area contributed by atoms with Crippen molar-refractivity contribution in [2.24, 2.45) is 0 Å². The summed E-state index contributed by atoms with van der Waals surface area (Å²) < 4.78 is 51.6. The molecule has 1 amide bonds. The van der Waals surface area contributed by atoms with Gasteiger partial charge in [-0.2, -0.15) is 4.31 Å². The Balaban J connectivity index is 1.56. The van der Waals surface area contributed by atoms with E-state index in [4.69, 9.17) is 0 Å². The zero-order valence-electron chi connectivity index (χ0n) is 15.9. The van der Waals surface area contributed by atoms with Gasteiger partial charge >= 0.3 is 0 Å². The zero-order chi connectivity index (χ0) is 21.1. The topological polar surface area (TPSA) is 113 Å². The third kappa shape index (κ3) is 5.55. The molecule has 0 spiro atoms. The maximum absolute atomic E-state index is 12.7. The van der Waals surface area contributed by atoms with Crippen molar-refractivity contribution < 1.29 is 21.6 Å². The molecule has 2 aromatic rings. The number of piperidine rings is 1. The molecule has 2 N–H and O–H groups in total. The molecule has 1 saturated heterocycles. The van der Waals surface area contributed by atoms with Crippen LogP contribution in [0.3, 0.4) is 0 Å². The van der Waals surface area contributed by atoms with Crippen molar-refractivity contribution in [2.45, 2.75) is 23.8 Å². The highest BCUT2D eigenvalue weighted by Crippen LogP contribution is 2.21. The van der Waals surface area contributed by atoms with E-state index in [1.807, 2.05) is 0 Å². The Kier molecular flexibility index (Phi) is 6.25. The lowest BCUT2D eigenvalue weighted by Gasteiger charge is -2.31. The lowest BCUT2D eigenvalue weighted by molar-refractivity contribution is 0.0924. The van der Waals surface area contributed by atoms with E-state index in [0.29, 0.717) is 37.2 Å². The van der Waals surface area contributed by atoms with Gasteiger partial charge in [-0.3, -0.25) is 9.52 Å². The van der Waals surface area contributed by atoms with Crippen LogP contribution < -0.4 is 10.0 Å². The molecule has 0 atom stereocenters. The summed E-state index contributed by atoms with van der Waals surface area (Å²) in [5.74, 6) is -0.278. The van der Waals surface area contributed by atoms with Crippen molar-refractivity contribution in [3.63, 3.8) is 0 Å². The molecular weight excluding hydrogens is 414 g/mol. The first-order chi connectivity index (χ1) is 13.6. The molecule has 1 aliphatic heterocycles. The first-order valence-corrected chi connectivity index (χ1v) is 12.4. The van der Waals surface area contributed by atoms with Gasteiger partial charge in [-0.15, -0.1) is 0 Å². The second-order valence-corrected chi connectivity index (χ2v) is 10.6. The Hall–Kier alpha value is -2.43. The molecule has 1 aliphatic rings. The van der Waals surface area contributed by atoms with Crippen LogP contribution >= 0.6 is 0 Å². The molecule has 8 nitrogen and oxygen atoms in total. The lowest BCUT2D eigenvalue weighted by Crippen LogP contribution is -2.46. The lowest BCUT2D eigenvalue weighted by atomic mass is 10.1. The molecular formula is C19H23N3O5S2. The van der Waals surface area contributed by atoms with Crippen molar-refractivity contribution in [1.82, 2.24) is 9.62 Å². The fourth-order valence-electron chi connectivity index (χ4n) is 3.15. The molecule has 0 radical (unpaired) electrons. The Morgan fingerprint density at radius 1 is 0.931 bits per heavy atom. The van der Waals surface area contributed by atoms with Crippen LogP contribution in [-0.2, 0) is 20.0 Å². The van der Waals surface area contributed by atoms with Gasteiger partial charge in [0, 0.05) is 30.4 Å². The first-order valence-electron chi connectivity index (χ1n) is 9.09. The standard InChI is InChI=1S/C19H23N3O5S2/c1-28(24,25)21-17-9-7-15(8-10-17)19(23)20-16-11-13-22(14-12-16)29(26,27)18-5-3-2-4-6-18/h2-10,16,21H,11-14H2,1H3,(H,20,23). The fourth-order valence-corrected chi connectivity index (χ4v) is 5.21. The van der Waals surface area contributed by atoms with E-state index in [9.17, 15) is 21.6 Å². The number of nitrogens with zero attached hydrogens (tertiary/aromatic N) is 1. The highest BCUT2D eigenvalue weighted by molar-refractivity contribution is 7.92. The molecule has 0 saturated carbocycles. The molecule has 0 aromatic heterocycles. The summed E-state index contributed by atoms with van der Waals surface area (Å²) in [7, 11) is -6.90. The molecule has 29 heavy (non-hydrogen) atoms. The van der Waals surface area contributed by atoms with E-state index in [1.165, 1.54) is 28.6 Å². The summed E-state index contributed by atoms with van der Waals surface area (Å²) in [6.07, 6.45) is 2.09. The van der Waals surface area contributed by atoms with Gasteiger partial charge in [0.1, 0.15) is 0 Å². The van der Waals surface area contributed by atoms with Crippen LogP contribution in [0.1, 0.15) is 23.2 Å². The number of sulfonamides is 2. The Morgan fingerprint density at radius 2 is 1.52 bits per heavy atom. The van der Waals surface area contributed by atoms with Crippen molar-refractivity contribution in [2.75, 3.05) is 24.1 Å². The fraction of sp³-hybridized carbons (Fsp3) is 0.316. The third-order valence-corrected chi connectivity index (χ3v) is 7.14. The second kappa shape index (κ2) is 8.52. The summed E-state index contributed by atoms with van der Waals surface area (Å²) in [5, 5.41) is 2.92. The van der Waals surface area contributed by atoms with Gasteiger partial charge in [0.05, 0.1) is 11.2 Å². The van der Waals surface area contributed by atoms with Crippen LogP contribution in [-0.4, -0.2) is 52.4 Å². The average molecular weight is 438 g/mol. The van der Waals surface area contributed by atoms with Crippen LogP contribution in [0, 0.1) is 0 Å². The van der Waals surface area contributed by atoms with E-state index in [2.05, 4.69) is 10.0 Å². The number of carbonyl (C=O) groups excluding carboxylic acids is 1. The number of amides is 1. The highest BCUT2D eigenvalue weighted by Gasteiger charge is 2.29. The summed E-state index contributed by atoms with van der Waals surface area (Å²) in [5.41, 5.74) is 0.784. The predicted octanol–water partition coefficient (Wildman–Crippen LogP) is 1.64. The maximum Gasteiger partial charge on any atom is 0.251 e. The minimum atomic E-state index is -3.52. The highest BCUT2D eigenvalue weighted by atomic mass is 32.2. The minimum absolute atomic E-state index is 0.126. The van der Waals surface area contributed by atoms with Crippen LogP contribution in [0.5, 0.6) is 0 Å². The quantitative estimate of drug-likeness (QED) is 0.713. The van der Waals surface area contributed by atoms with Crippen LogP contribution in [0.4, 0.5) is 5.69 Å².